The fraction of sp³-hybridized carbons (Fsp3) is 0.560. The van der Waals surface area contributed by atoms with Crippen molar-refractivity contribution in [1.82, 2.24) is 14.9 Å². The molecule has 0 unspecified atom stereocenters. The number of morpholine rings is 1. The Hall–Kier alpha value is -2.87. The molecule has 0 bridgehead atoms. The number of aromatic nitrogens is 2. The monoisotopic (exact) mass is 453 g/mol. The number of benzene rings is 1. The van der Waals surface area contributed by atoms with Gasteiger partial charge >= 0.3 is 0 Å². The van der Waals surface area contributed by atoms with Crippen LogP contribution < -0.4 is 14.5 Å². The molecule has 1 aromatic carbocycles. The van der Waals surface area contributed by atoms with Gasteiger partial charge in [-0.25, -0.2) is 4.98 Å². The number of nitrogens with zero attached hydrogens (tertiary/aromatic N) is 5. The molecule has 8 heteroatoms. The molecule has 3 heterocycles. The summed E-state index contributed by atoms with van der Waals surface area (Å²) in [5.41, 5.74) is 1.66. The first-order valence-corrected chi connectivity index (χ1v) is 12.1. The van der Waals surface area contributed by atoms with Crippen LogP contribution in [0.1, 0.15) is 42.2 Å². The maximum absolute atomic E-state index is 13.0. The maximum Gasteiger partial charge on any atom is 0.253 e. The zero-order valence-electron chi connectivity index (χ0n) is 19.8. The number of hydrogen-bond donors (Lipinski definition) is 0. The number of carbonyl (C=O) groups is 1. The van der Waals surface area contributed by atoms with Crippen molar-refractivity contribution in [2.45, 2.75) is 33.1 Å². The van der Waals surface area contributed by atoms with Gasteiger partial charge in [0.15, 0.2) is 0 Å². The van der Waals surface area contributed by atoms with Gasteiger partial charge in [-0.15, -0.1) is 0 Å². The molecule has 0 saturated carbocycles. The standard InChI is InChI=1S/C25H35N5O3/c1-3-4-5-16-33-22-8-6-21(7-9-22)24(31)29-10-12-30(13-11-29)25-26-20(2)19-23(27-25)28-14-17-32-18-15-28/h6-9,19H,3-5,10-18H2,1-2H3. The summed E-state index contributed by atoms with van der Waals surface area (Å²) in [6, 6.07) is 9.54. The number of piperazine rings is 1. The lowest BCUT2D eigenvalue weighted by molar-refractivity contribution is 0.0746. The van der Waals surface area contributed by atoms with Crippen LogP contribution in [0, 0.1) is 6.92 Å². The fourth-order valence-electron chi connectivity index (χ4n) is 4.16. The van der Waals surface area contributed by atoms with E-state index in [1.165, 1.54) is 12.8 Å². The predicted molar refractivity (Wildman–Crippen MR) is 129 cm³/mol. The number of hydrogen-bond acceptors (Lipinski definition) is 7. The van der Waals surface area contributed by atoms with Crippen molar-refractivity contribution in [2.24, 2.45) is 0 Å². The van der Waals surface area contributed by atoms with Crippen LogP contribution in [0.15, 0.2) is 30.3 Å². The van der Waals surface area contributed by atoms with Crippen LogP contribution in [0.25, 0.3) is 0 Å². The van der Waals surface area contributed by atoms with Crippen molar-refractivity contribution in [3.8, 4) is 5.75 Å². The Morgan fingerprint density at radius 3 is 2.39 bits per heavy atom. The third-order valence-corrected chi connectivity index (χ3v) is 6.13. The van der Waals surface area contributed by atoms with Crippen molar-refractivity contribution in [3.05, 3.63) is 41.6 Å². The van der Waals surface area contributed by atoms with E-state index in [0.29, 0.717) is 18.7 Å². The molecule has 8 nitrogen and oxygen atoms in total. The molecule has 33 heavy (non-hydrogen) atoms. The highest BCUT2D eigenvalue weighted by molar-refractivity contribution is 5.94. The molecule has 2 aliphatic heterocycles. The third kappa shape index (κ3) is 6.13. The quantitative estimate of drug-likeness (QED) is 0.569. The lowest BCUT2D eigenvalue weighted by Crippen LogP contribution is -2.49. The van der Waals surface area contributed by atoms with Gasteiger partial charge in [-0.3, -0.25) is 4.79 Å². The summed E-state index contributed by atoms with van der Waals surface area (Å²) in [4.78, 5) is 28.8. The summed E-state index contributed by atoms with van der Waals surface area (Å²) in [6.45, 7) is 10.8. The highest BCUT2D eigenvalue weighted by Gasteiger charge is 2.24. The summed E-state index contributed by atoms with van der Waals surface area (Å²) < 4.78 is 11.2. The first-order valence-electron chi connectivity index (χ1n) is 12.1. The summed E-state index contributed by atoms with van der Waals surface area (Å²) in [7, 11) is 0. The van der Waals surface area contributed by atoms with Crippen molar-refractivity contribution >= 4 is 17.7 Å². The Labute approximate surface area is 196 Å². The zero-order chi connectivity index (χ0) is 23.0. The smallest absolute Gasteiger partial charge is 0.253 e. The molecule has 0 atom stereocenters. The first kappa shape index (κ1) is 23.3. The van der Waals surface area contributed by atoms with Gasteiger partial charge in [-0.2, -0.15) is 4.98 Å². The molecule has 0 spiro atoms. The van der Waals surface area contributed by atoms with E-state index in [2.05, 4.69) is 21.7 Å². The second-order valence-electron chi connectivity index (χ2n) is 8.63. The maximum atomic E-state index is 13.0. The molecule has 178 valence electrons. The van der Waals surface area contributed by atoms with Gasteiger partial charge in [0.2, 0.25) is 5.95 Å². The van der Waals surface area contributed by atoms with Crippen LogP contribution in [0.2, 0.25) is 0 Å². The lowest BCUT2D eigenvalue weighted by Gasteiger charge is -2.35. The summed E-state index contributed by atoms with van der Waals surface area (Å²) in [5, 5.41) is 0. The zero-order valence-corrected chi connectivity index (χ0v) is 19.8. The lowest BCUT2D eigenvalue weighted by atomic mass is 10.1. The second-order valence-corrected chi connectivity index (χ2v) is 8.63. The van der Waals surface area contributed by atoms with E-state index in [1.54, 1.807) is 0 Å². The second kappa shape index (κ2) is 11.3. The Kier molecular flexibility index (Phi) is 7.99. The molecule has 2 saturated heterocycles. The normalized spacial score (nSPS) is 16.7. The Balaban J connectivity index is 1.32. The van der Waals surface area contributed by atoms with Crippen molar-refractivity contribution in [1.29, 1.82) is 0 Å². The largest absolute Gasteiger partial charge is 0.494 e. The molecule has 4 rings (SSSR count). The van der Waals surface area contributed by atoms with Gasteiger partial charge in [-0.1, -0.05) is 19.8 Å². The van der Waals surface area contributed by atoms with Crippen LogP contribution in [-0.2, 0) is 4.74 Å². The van der Waals surface area contributed by atoms with E-state index in [9.17, 15) is 4.79 Å². The molecule has 1 aromatic heterocycles. The molecule has 2 fully saturated rings. The Morgan fingerprint density at radius 1 is 0.970 bits per heavy atom. The van der Waals surface area contributed by atoms with Crippen LogP contribution in [-0.4, -0.2) is 79.9 Å². The molecular formula is C25H35N5O3. The average Bonchev–Trinajstić information content (AvgIpc) is 2.87. The van der Waals surface area contributed by atoms with Gasteiger partial charge in [-0.05, 0) is 37.6 Å². The molecule has 2 aliphatic rings. The Morgan fingerprint density at radius 2 is 1.70 bits per heavy atom. The number of anilines is 2. The highest BCUT2D eigenvalue weighted by Crippen LogP contribution is 2.21. The van der Waals surface area contributed by atoms with Gasteiger partial charge < -0.3 is 24.2 Å². The van der Waals surface area contributed by atoms with E-state index in [-0.39, 0.29) is 5.91 Å². The van der Waals surface area contributed by atoms with Crippen molar-refractivity contribution in [2.75, 3.05) is 68.9 Å². The minimum absolute atomic E-state index is 0.0614. The molecule has 1 amide bonds. The average molecular weight is 454 g/mol. The van der Waals surface area contributed by atoms with Crippen LogP contribution >= 0.6 is 0 Å². The molecule has 0 radical (unpaired) electrons. The number of rotatable bonds is 8. The van der Waals surface area contributed by atoms with Gasteiger partial charge in [0.05, 0.1) is 19.8 Å². The SMILES string of the molecule is CCCCCOc1ccc(C(=O)N2CCN(c3nc(C)cc(N4CCOCC4)n3)CC2)cc1. The van der Waals surface area contributed by atoms with E-state index in [0.717, 1.165) is 75.6 Å². The number of amides is 1. The van der Waals surface area contributed by atoms with Gasteiger partial charge in [0.1, 0.15) is 11.6 Å². The van der Waals surface area contributed by atoms with Gasteiger partial charge in [0, 0.05) is 56.6 Å². The van der Waals surface area contributed by atoms with Crippen LogP contribution in [0.4, 0.5) is 11.8 Å². The third-order valence-electron chi connectivity index (χ3n) is 6.13. The summed E-state index contributed by atoms with van der Waals surface area (Å²) in [6.07, 6.45) is 3.40. The fourth-order valence-corrected chi connectivity index (χ4v) is 4.16. The van der Waals surface area contributed by atoms with E-state index >= 15 is 0 Å². The van der Waals surface area contributed by atoms with Crippen LogP contribution in [0.3, 0.4) is 0 Å². The molecule has 0 aliphatic carbocycles. The highest BCUT2D eigenvalue weighted by atomic mass is 16.5. The minimum Gasteiger partial charge on any atom is -0.494 e. The topological polar surface area (TPSA) is 71.0 Å². The minimum atomic E-state index is 0.0614. The van der Waals surface area contributed by atoms with Crippen molar-refractivity contribution in [3.63, 3.8) is 0 Å². The van der Waals surface area contributed by atoms with E-state index in [4.69, 9.17) is 14.5 Å². The number of ether oxygens (including phenoxy) is 2. The molecule has 2 aromatic rings. The molecule has 0 N–H and O–H groups in total. The summed E-state index contributed by atoms with van der Waals surface area (Å²) in [5.74, 6) is 2.58. The van der Waals surface area contributed by atoms with E-state index in [1.807, 2.05) is 42.2 Å². The summed E-state index contributed by atoms with van der Waals surface area (Å²) >= 11 is 0. The van der Waals surface area contributed by atoms with Crippen LogP contribution in [0.5, 0.6) is 5.75 Å². The predicted octanol–water partition coefficient (Wildman–Crippen LogP) is 3.15. The number of aryl methyl sites for hydroxylation is 1. The Bertz CT molecular complexity index is 907. The van der Waals surface area contributed by atoms with Crippen molar-refractivity contribution < 1.29 is 14.3 Å². The molecular weight excluding hydrogens is 418 g/mol. The number of carbonyl (C=O) groups excluding carboxylic acids is 1. The first-order chi connectivity index (χ1) is 16.1. The van der Waals surface area contributed by atoms with Gasteiger partial charge in [0.25, 0.3) is 5.91 Å². The van der Waals surface area contributed by atoms with E-state index < -0.39 is 0 Å². The number of unbranched alkanes of at least 4 members (excludes halogenated alkanes) is 2.